The highest BCUT2D eigenvalue weighted by atomic mass is 16.5. The smallest absolute Gasteiger partial charge is 0.221 e. The summed E-state index contributed by atoms with van der Waals surface area (Å²) in [6, 6.07) is 8.20. The van der Waals surface area contributed by atoms with Crippen molar-refractivity contribution in [3.05, 3.63) is 35.5 Å². The van der Waals surface area contributed by atoms with Gasteiger partial charge in [0.05, 0.1) is 12.8 Å². The van der Waals surface area contributed by atoms with Crippen LogP contribution in [-0.2, 0) is 6.54 Å². The first kappa shape index (κ1) is 9.93. The number of aromatic nitrogens is 1. The Kier molecular flexibility index (Phi) is 2.56. The molecule has 2 rings (SSSR count). The van der Waals surface area contributed by atoms with Crippen molar-refractivity contribution in [3.63, 3.8) is 0 Å². The summed E-state index contributed by atoms with van der Waals surface area (Å²) in [7, 11) is 1.63. The zero-order chi connectivity index (χ0) is 10.8. The maximum Gasteiger partial charge on any atom is 0.221 e. The molecule has 0 aliphatic rings. The highest BCUT2D eigenvalue weighted by molar-refractivity contribution is 5.87. The van der Waals surface area contributed by atoms with Gasteiger partial charge in [-0.2, -0.15) is 0 Å². The number of benzene rings is 1. The topological polar surface area (TPSA) is 48.1 Å². The number of nitrogens with zero attached hydrogens (tertiary/aromatic N) is 1. The summed E-state index contributed by atoms with van der Waals surface area (Å²) in [4.78, 5) is 4.33. The Morgan fingerprint density at radius 1 is 1.33 bits per heavy atom. The van der Waals surface area contributed by atoms with E-state index in [2.05, 4.69) is 30.1 Å². The van der Waals surface area contributed by atoms with E-state index in [1.807, 2.05) is 6.07 Å². The molecule has 2 aromatic rings. The lowest BCUT2D eigenvalue weighted by atomic mass is 10.1. The maximum atomic E-state index is 5.58. The summed E-state index contributed by atoms with van der Waals surface area (Å²) in [6.45, 7) is 2.48. The summed E-state index contributed by atoms with van der Waals surface area (Å²) in [5.41, 5.74) is 7.62. The first-order valence-corrected chi connectivity index (χ1v) is 4.89. The van der Waals surface area contributed by atoms with E-state index in [9.17, 15) is 0 Å². The van der Waals surface area contributed by atoms with Crippen molar-refractivity contribution in [2.24, 2.45) is 5.73 Å². The Labute approximate surface area is 88.9 Å². The highest BCUT2D eigenvalue weighted by Gasteiger charge is 2.05. The summed E-state index contributed by atoms with van der Waals surface area (Å²) in [5, 5.41) is 2.16. The van der Waals surface area contributed by atoms with E-state index in [0.717, 1.165) is 16.5 Å². The molecule has 1 aromatic heterocycles. The molecule has 15 heavy (non-hydrogen) atoms. The molecule has 0 aliphatic carbocycles. The number of hydrogen-bond donors (Lipinski definition) is 1. The number of rotatable bonds is 2. The molecule has 0 unspecified atom stereocenters. The van der Waals surface area contributed by atoms with Crippen molar-refractivity contribution in [1.82, 2.24) is 4.98 Å². The summed E-state index contributed by atoms with van der Waals surface area (Å²) in [5.74, 6) is 0.650. The van der Waals surface area contributed by atoms with Crippen molar-refractivity contribution in [2.75, 3.05) is 7.11 Å². The van der Waals surface area contributed by atoms with Gasteiger partial charge in [-0.05, 0) is 24.4 Å². The van der Waals surface area contributed by atoms with E-state index in [0.29, 0.717) is 12.4 Å². The zero-order valence-electron chi connectivity index (χ0n) is 8.95. The predicted octanol–water partition coefficient (Wildman–Crippen LogP) is 2.01. The number of nitrogens with two attached hydrogens (primary N) is 1. The van der Waals surface area contributed by atoms with Crippen LogP contribution in [0.4, 0.5) is 0 Å². The van der Waals surface area contributed by atoms with Crippen molar-refractivity contribution in [2.45, 2.75) is 13.5 Å². The van der Waals surface area contributed by atoms with Crippen LogP contribution in [0.2, 0.25) is 0 Å². The van der Waals surface area contributed by atoms with E-state index in [1.165, 1.54) is 5.56 Å². The molecule has 0 atom stereocenters. The number of hydrogen-bond acceptors (Lipinski definition) is 3. The Morgan fingerprint density at radius 3 is 2.80 bits per heavy atom. The van der Waals surface area contributed by atoms with Gasteiger partial charge in [0.25, 0.3) is 0 Å². The van der Waals surface area contributed by atoms with Crippen LogP contribution in [0.25, 0.3) is 10.8 Å². The highest BCUT2D eigenvalue weighted by Crippen LogP contribution is 2.25. The zero-order valence-corrected chi connectivity index (χ0v) is 8.95. The van der Waals surface area contributed by atoms with E-state index in [1.54, 1.807) is 7.11 Å². The molecule has 1 aromatic carbocycles. The minimum atomic E-state index is 0.431. The molecule has 2 N–H and O–H groups in total. The number of aryl methyl sites for hydroxylation is 1. The van der Waals surface area contributed by atoms with E-state index >= 15 is 0 Å². The second-order valence-electron chi connectivity index (χ2n) is 3.55. The molecule has 0 amide bonds. The van der Waals surface area contributed by atoms with Crippen LogP contribution in [0.15, 0.2) is 24.3 Å². The maximum absolute atomic E-state index is 5.58. The van der Waals surface area contributed by atoms with Crippen LogP contribution >= 0.6 is 0 Å². The van der Waals surface area contributed by atoms with Crippen LogP contribution < -0.4 is 10.5 Å². The van der Waals surface area contributed by atoms with Gasteiger partial charge in [0.2, 0.25) is 5.88 Å². The fourth-order valence-electron chi connectivity index (χ4n) is 1.64. The average Bonchev–Trinajstić information content (AvgIpc) is 2.27. The number of methoxy groups -OCH3 is 1. The van der Waals surface area contributed by atoms with Crippen LogP contribution in [0.3, 0.4) is 0 Å². The van der Waals surface area contributed by atoms with Gasteiger partial charge in [-0.15, -0.1) is 0 Å². The quantitative estimate of drug-likeness (QED) is 0.810. The average molecular weight is 202 g/mol. The molecule has 0 fully saturated rings. The third kappa shape index (κ3) is 1.78. The lowest BCUT2D eigenvalue weighted by Crippen LogP contribution is -2.01. The van der Waals surface area contributed by atoms with Crippen molar-refractivity contribution < 1.29 is 4.74 Å². The Morgan fingerprint density at radius 2 is 2.13 bits per heavy atom. The van der Waals surface area contributed by atoms with Crippen LogP contribution in [0.5, 0.6) is 5.88 Å². The minimum Gasteiger partial charge on any atom is -0.481 e. The fraction of sp³-hybridized carbons (Fsp3) is 0.250. The molecular weight excluding hydrogens is 188 g/mol. The van der Waals surface area contributed by atoms with Gasteiger partial charge in [-0.25, -0.2) is 4.98 Å². The molecule has 0 radical (unpaired) electrons. The molecule has 78 valence electrons. The molecule has 0 bridgehead atoms. The van der Waals surface area contributed by atoms with Crippen LogP contribution in [0, 0.1) is 6.92 Å². The Bertz CT molecular complexity index is 494. The number of fused-ring (bicyclic) bond motifs is 1. The Hall–Kier alpha value is -1.61. The van der Waals surface area contributed by atoms with Crippen LogP contribution in [0.1, 0.15) is 11.3 Å². The second-order valence-corrected chi connectivity index (χ2v) is 3.55. The second kappa shape index (κ2) is 3.87. The van der Waals surface area contributed by atoms with E-state index in [-0.39, 0.29) is 0 Å². The first-order valence-electron chi connectivity index (χ1n) is 4.89. The molecule has 0 aliphatic heterocycles. The molecule has 3 heteroatoms. The lowest BCUT2D eigenvalue weighted by Gasteiger charge is -2.07. The first-order chi connectivity index (χ1) is 7.24. The standard InChI is InChI=1S/C12H14N2O/c1-8-3-4-9-6-10(7-13)14-12(15-2)11(9)5-8/h3-6H,7,13H2,1-2H3. The van der Waals surface area contributed by atoms with Gasteiger partial charge in [0, 0.05) is 11.9 Å². The van der Waals surface area contributed by atoms with Gasteiger partial charge in [0.1, 0.15) is 0 Å². The fourth-order valence-corrected chi connectivity index (χ4v) is 1.64. The lowest BCUT2D eigenvalue weighted by molar-refractivity contribution is 0.402. The summed E-state index contributed by atoms with van der Waals surface area (Å²) in [6.07, 6.45) is 0. The van der Waals surface area contributed by atoms with E-state index in [4.69, 9.17) is 10.5 Å². The SMILES string of the molecule is COc1nc(CN)cc2ccc(C)cc12. The monoisotopic (exact) mass is 202 g/mol. The third-order valence-electron chi connectivity index (χ3n) is 2.41. The molecular formula is C12H14N2O. The Balaban J connectivity index is 2.75. The van der Waals surface area contributed by atoms with Gasteiger partial charge < -0.3 is 10.5 Å². The molecule has 0 saturated carbocycles. The largest absolute Gasteiger partial charge is 0.481 e. The number of ether oxygens (including phenoxy) is 1. The predicted molar refractivity (Wildman–Crippen MR) is 60.9 cm³/mol. The minimum absolute atomic E-state index is 0.431. The molecule has 3 nitrogen and oxygen atoms in total. The van der Waals surface area contributed by atoms with Crippen molar-refractivity contribution in [1.29, 1.82) is 0 Å². The van der Waals surface area contributed by atoms with Gasteiger partial charge in [-0.3, -0.25) is 0 Å². The van der Waals surface area contributed by atoms with Crippen molar-refractivity contribution >= 4 is 10.8 Å². The van der Waals surface area contributed by atoms with Gasteiger partial charge in [-0.1, -0.05) is 17.7 Å². The van der Waals surface area contributed by atoms with Gasteiger partial charge >= 0.3 is 0 Å². The molecule has 0 saturated heterocycles. The molecule has 1 heterocycles. The van der Waals surface area contributed by atoms with E-state index < -0.39 is 0 Å². The third-order valence-corrected chi connectivity index (χ3v) is 2.41. The molecule has 0 spiro atoms. The number of pyridine rings is 1. The normalized spacial score (nSPS) is 10.6. The van der Waals surface area contributed by atoms with Gasteiger partial charge in [0.15, 0.2) is 0 Å². The van der Waals surface area contributed by atoms with Crippen molar-refractivity contribution in [3.8, 4) is 5.88 Å². The summed E-state index contributed by atoms with van der Waals surface area (Å²) >= 11 is 0. The van der Waals surface area contributed by atoms with Crippen LogP contribution in [-0.4, -0.2) is 12.1 Å². The summed E-state index contributed by atoms with van der Waals surface area (Å²) < 4.78 is 5.26.